The van der Waals surface area contributed by atoms with Crippen molar-refractivity contribution in [3.8, 4) is 0 Å². The summed E-state index contributed by atoms with van der Waals surface area (Å²) in [5, 5.41) is 0. The molecule has 0 aliphatic heterocycles. The molecular formula is C14H21NO2S. The summed E-state index contributed by atoms with van der Waals surface area (Å²) in [6.45, 7) is 10.6. The van der Waals surface area contributed by atoms with Crippen LogP contribution < -0.4 is 0 Å². The molecule has 0 saturated heterocycles. The standard InChI is InChI=1S/C14H21NO2S/c1-9(2)10-7-11(18-14(3,4)5)12(15-8-10)13(16)17-6/h7-9H,1-6H3. The van der Waals surface area contributed by atoms with E-state index in [0.29, 0.717) is 11.6 Å². The van der Waals surface area contributed by atoms with Gasteiger partial charge in [0.1, 0.15) is 0 Å². The number of carbonyl (C=O) groups is 1. The molecule has 0 aliphatic rings. The molecule has 0 fully saturated rings. The Balaban J connectivity index is 3.22. The Bertz CT molecular complexity index is 436. The van der Waals surface area contributed by atoms with Gasteiger partial charge < -0.3 is 4.74 Å². The van der Waals surface area contributed by atoms with Gasteiger partial charge in [-0.2, -0.15) is 0 Å². The lowest BCUT2D eigenvalue weighted by Gasteiger charge is -2.20. The van der Waals surface area contributed by atoms with Crippen LogP contribution in [-0.2, 0) is 4.74 Å². The van der Waals surface area contributed by atoms with Crippen LogP contribution in [-0.4, -0.2) is 22.8 Å². The summed E-state index contributed by atoms with van der Waals surface area (Å²) in [5.41, 5.74) is 1.54. The Morgan fingerprint density at radius 3 is 2.44 bits per heavy atom. The molecule has 1 aromatic heterocycles. The first kappa shape index (κ1) is 15.0. The zero-order valence-corrected chi connectivity index (χ0v) is 12.7. The summed E-state index contributed by atoms with van der Waals surface area (Å²) in [6.07, 6.45) is 1.75. The van der Waals surface area contributed by atoms with Crippen LogP contribution in [0.1, 0.15) is 56.6 Å². The average Bonchev–Trinajstić information content (AvgIpc) is 2.25. The highest BCUT2D eigenvalue weighted by Gasteiger charge is 2.21. The topological polar surface area (TPSA) is 39.2 Å². The fourth-order valence-corrected chi connectivity index (χ4v) is 2.52. The number of ether oxygens (including phenoxy) is 1. The molecule has 4 heteroatoms. The molecule has 0 saturated carbocycles. The number of methoxy groups -OCH3 is 1. The molecule has 18 heavy (non-hydrogen) atoms. The molecule has 0 N–H and O–H groups in total. The van der Waals surface area contributed by atoms with Gasteiger partial charge in [0.25, 0.3) is 0 Å². The van der Waals surface area contributed by atoms with Gasteiger partial charge in [-0.15, -0.1) is 11.8 Å². The molecule has 0 bridgehead atoms. The number of carbonyl (C=O) groups excluding carboxylic acids is 1. The maximum Gasteiger partial charge on any atom is 0.357 e. The van der Waals surface area contributed by atoms with Gasteiger partial charge in [0.05, 0.1) is 7.11 Å². The molecule has 0 amide bonds. The van der Waals surface area contributed by atoms with E-state index in [0.717, 1.165) is 10.5 Å². The monoisotopic (exact) mass is 267 g/mol. The minimum atomic E-state index is -0.378. The van der Waals surface area contributed by atoms with E-state index in [2.05, 4.69) is 39.6 Å². The Kier molecular flexibility index (Phi) is 4.79. The van der Waals surface area contributed by atoms with Crippen LogP contribution in [0.2, 0.25) is 0 Å². The van der Waals surface area contributed by atoms with Crippen LogP contribution in [0.15, 0.2) is 17.2 Å². The van der Waals surface area contributed by atoms with Crippen LogP contribution >= 0.6 is 11.8 Å². The summed E-state index contributed by atoms with van der Waals surface area (Å²) < 4.78 is 4.80. The van der Waals surface area contributed by atoms with Crippen molar-refractivity contribution in [2.45, 2.75) is 50.2 Å². The second-order valence-electron chi connectivity index (χ2n) is 5.48. The third-order valence-electron chi connectivity index (χ3n) is 2.34. The van der Waals surface area contributed by atoms with Crippen LogP contribution in [0.5, 0.6) is 0 Å². The first-order valence-electron chi connectivity index (χ1n) is 6.02. The van der Waals surface area contributed by atoms with Crippen molar-refractivity contribution in [3.63, 3.8) is 0 Å². The summed E-state index contributed by atoms with van der Waals surface area (Å²) in [7, 11) is 1.38. The Morgan fingerprint density at radius 2 is 2.00 bits per heavy atom. The van der Waals surface area contributed by atoms with Crippen molar-refractivity contribution in [2.75, 3.05) is 7.11 Å². The Morgan fingerprint density at radius 1 is 1.39 bits per heavy atom. The number of thioether (sulfide) groups is 1. The highest BCUT2D eigenvalue weighted by molar-refractivity contribution is 8.00. The fraction of sp³-hybridized carbons (Fsp3) is 0.571. The fourth-order valence-electron chi connectivity index (χ4n) is 1.43. The molecular weight excluding hydrogens is 246 g/mol. The first-order chi connectivity index (χ1) is 8.24. The second-order valence-corrected chi connectivity index (χ2v) is 7.34. The maximum atomic E-state index is 11.7. The van der Waals surface area contributed by atoms with Crippen molar-refractivity contribution in [3.05, 3.63) is 23.5 Å². The van der Waals surface area contributed by atoms with E-state index in [1.54, 1.807) is 18.0 Å². The molecule has 100 valence electrons. The number of nitrogens with zero attached hydrogens (tertiary/aromatic N) is 1. The number of hydrogen-bond donors (Lipinski definition) is 0. The summed E-state index contributed by atoms with van der Waals surface area (Å²) in [4.78, 5) is 16.9. The molecule has 1 aromatic rings. The van der Waals surface area contributed by atoms with E-state index >= 15 is 0 Å². The van der Waals surface area contributed by atoms with Crippen molar-refractivity contribution in [1.82, 2.24) is 4.98 Å². The normalized spacial score (nSPS) is 11.7. The van der Waals surface area contributed by atoms with Crippen LogP contribution in [0.3, 0.4) is 0 Å². The van der Waals surface area contributed by atoms with Crippen molar-refractivity contribution in [1.29, 1.82) is 0 Å². The van der Waals surface area contributed by atoms with E-state index in [1.165, 1.54) is 7.11 Å². The van der Waals surface area contributed by atoms with E-state index in [-0.39, 0.29) is 10.7 Å². The quantitative estimate of drug-likeness (QED) is 0.615. The van der Waals surface area contributed by atoms with Gasteiger partial charge in [0.15, 0.2) is 5.69 Å². The SMILES string of the molecule is COC(=O)c1ncc(C(C)C)cc1SC(C)(C)C. The highest BCUT2D eigenvalue weighted by atomic mass is 32.2. The second kappa shape index (κ2) is 5.74. The van der Waals surface area contributed by atoms with E-state index in [4.69, 9.17) is 4.74 Å². The molecule has 3 nitrogen and oxygen atoms in total. The van der Waals surface area contributed by atoms with Gasteiger partial charge in [-0.1, -0.05) is 34.6 Å². The average molecular weight is 267 g/mol. The van der Waals surface area contributed by atoms with Crippen LogP contribution in [0.4, 0.5) is 0 Å². The van der Waals surface area contributed by atoms with Gasteiger partial charge >= 0.3 is 5.97 Å². The largest absolute Gasteiger partial charge is 0.464 e. The predicted octanol–water partition coefficient (Wildman–Crippen LogP) is 3.88. The lowest BCUT2D eigenvalue weighted by molar-refractivity contribution is 0.0589. The Hall–Kier alpha value is -1.03. The van der Waals surface area contributed by atoms with Gasteiger partial charge in [-0.25, -0.2) is 9.78 Å². The smallest absolute Gasteiger partial charge is 0.357 e. The van der Waals surface area contributed by atoms with Gasteiger partial charge in [-0.3, -0.25) is 0 Å². The van der Waals surface area contributed by atoms with E-state index in [1.807, 2.05) is 6.07 Å². The number of hydrogen-bond acceptors (Lipinski definition) is 4. The lowest BCUT2D eigenvalue weighted by Crippen LogP contribution is -2.12. The zero-order chi connectivity index (χ0) is 13.9. The Labute approximate surface area is 113 Å². The zero-order valence-electron chi connectivity index (χ0n) is 11.9. The molecule has 1 rings (SSSR count). The molecule has 1 heterocycles. The maximum absolute atomic E-state index is 11.7. The third-order valence-corrected chi connectivity index (χ3v) is 3.48. The van der Waals surface area contributed by atoms with Crippen LogP contribution in [0.25, 0.3) is 0 Å². The molecule has 0 aliphatic carbocycles. The molecule has 0 spiro atoms. The summed E-state index contributed by atoms with van der Waals surface area (Å²) >= 11 is 1.64. The van der Waals surface area contributed by atoms with Crippen molar-refractivity contribution < 1.29 is 9.53 Å². The minimum absolute atomic E-state index is 0.0278. The molecule has 0 aromatic carbocycles. The molecule has 0 unspecified atom stereocenters. The van der Waals surface area contributed by atoms with Gasteiger partial charge in [-0.05, 0) is 17.5 Å². The molecule has 0 atom stereocenters. The molecule has 0 radical (unpaired) electrons. The van der Waals surface area contributed by atoms with E-state index < -0.39 is 0 Å². The van der Waals surface area contributed by atoms with Crippen molar-refractivity contribution >= 4 is 17.7 Å². The number of aromatic nitrogens is 1. The first-order valence-corrected chi connectivity index (χ1v) is 6.83. The van der Waals surface area contributed by atoms with Gasteiger partial charge in [0.2, 0.25) is 0 Å². The summed E-state index contributed by atoms with van der Waals surface area (Å²) in [6, 6.07) is 2.04. The lowest BCUT2D eigenvalue weighted by atomic mass is 10.1. The third kappa shape index (κ3) is 4.02. The number of rotatable bonds is 3. The van der Waals surface area contributed by atoms with E-state index in [9.17, 15) is 4.79 Å². The number of esters is 1. The predicted molar refractivity (Wildman–Crippen MR) is 75.3 cm³/mol. The minimum Gasteiger partial charge on any atom is -0.464 e. The van der Waals surface area contributed by atoms with Crippen molar-refractivity contribution in [2.24, 2.45) is 0 Å². The highest BCUT2D eigenvalue weighted by Crippen LogP contribution is 2.35. The number of pyridine rings is 1. The van der Waals surface area contributed by atoms with Crippen LogP contribution in [0, 0.1) is 0 Å². The summed E-state index contributed by atoms with van der Waals surface area (Å²) in [5.74, 6) is 0.0144. The van der Waals surface area contributed by atoms with Gasteiger partial charge in [0, 0.05) is 15.8 Å².